The van der Waals surface area contributed by atoms with Crippen LogP contribution in [0.1, 0.15) is 31.4 Å². The summed E-state index contributed by atoms with van der Waals surface area (Å²) >= 11 is 0. The minimum absolute atomic E-state index is 0.644. The van der Waals surface area contributed by atoms with E-state index in [9.17, 15) is 0 Å². The number of benzene rings is 2. The van der Waals surface area contributed by atoms with E-state index < -0.39 is 0 Å². The Bertz CT molecular complexity index is 572. The molecule has 0 aliphatic carbocycles. The molecule has 1 aliphatic rings. The van der Waals surface area contributed by atoms with Crippen LogP contribution in [0.3, 0.4) is 0 Å². The topological polar surface area (TPSA) is 12.0 Å². The first-order chi connectivity index (χ1) is 9.72. The zero-order valence-electron chi connectivity index (χ0n) is 12.4. The highest BCUT2D eigenvalue weighted by Crippen LogP contribution is 2.26. The molecule has 1 N–H and O–H groups in total. The van der Waals surface area contributed by atoms with E-state index in [0.717, 1.165) is 12.5 Å². The van der Waals surface area contributed by atoms with Gasteiger partial charge in [0.2, 0.25) is 0 Å². The summed E-state index contributed by atoms with van der Waals surface area (Å²) in [7, 11) is 0. The average Bonchev–Trinajstić information content (AvgIpc) is 2.47. The first kappa shape index (κ1) is 13.4. The van der Waals surface area contributed by atoms with Gasteiger partial charge in [0, 0.05) is 12.6 Å². The molecule has 1 atom stereocenters. The molecule has 0 saturated carbocycles. The first-order valence-electron chi connectivity index (χ1n) is 7.63. The third-order valence-electron chi connectivity index (χ3n) is 4.12. The van der Waals surface area contributed by atoms with Crippen LogP contribution in [0, 0.1) is 5.92 Å². The minimum atomic E-state index is 0.644. The summed E-state index contributed by atoms with van der Waals surface area (Å²) in [6.45, 7) is 5.61. The Hall–Kier alpha value is -1.60. The van der Waals surface area contributed by atoms with E-state index in [-0.39, 0.29) is 0 Å². The Labute approximate surface area is 122 Å². The van der Waals surface area contributed by atoms with Crippen molar-refractivity contribution in [1.82, 2.24) is 5.32 Å². The van der Waals surface area contributed by atoms with Crippen LogP contribution >= 0.6 is 0 Å². The Morgan fingerprint density at radius 3 is 2.55 bits per heavy atom. The fraction of sp³-hybridized carbons (Fsp3) is 0.368. The monoisotopic (exact) mass is 265 g/mol. The van der Waals surface area contributed by atoms with Gasteiger partial charge in [-0.2, -0.15) is 0 Å². The summed E-state index contributed by atoms with van der Waals surface area (Å²) < 4.78 is 0. The fourth-order valence-electron chi connectivity index (χ4n) is 3.13. The molecule has 3 rings (SSSR count). The van der Waals surface area contributed by atoms with Crippen molar-refractivity contribution in [3.63, 3.8) is 0 Å². The van der Waals surface area contributed by atoms with E-state index >= 15 is 0 Å². The van der Waals surface area contributed by atoms with Gasteiger partial charge in [0.1, 0.15) is 0 Å². The zero-order chi connectivity index (χ0) is 13.9. The Morgan fingerprint density at radius 2 is 1.80 bits per heavy atom. The molecule has 1 aliphatic heterocycles. The molecule has 20 heavy (non-hydrogen) atoms. The average molecular weight is 265 g/mol. The van der Waals surface area contributed by atoms with Crippen molar-refractivity contribution in [2.45, 2.75) is 39.3 Å². The van der Waals surface area contributed by atoms with Gasteiger partial charge >= 0.3 is 0 Å². The highest BCUT2D eigenvalue weighted by molar-refractivity contribution is 5.65. The van der Waals surface area contributed by atoms with Crippen molar-refractivity contribution in [3.05, 3.63) is 59.7 Å². The van der Waals surface area contributed by atoms with Gasteiger partial charge < -0.3 is 5.32 Å². The van der Waals surface area contributed by atoms with Crippen molar-refractivity contribution in [3.8, 4) is 11.1 Å². The summed E-state index contributed by atoms with van der Waals surface area (Å²) in [5.74, 6) is 0.762. The van der Waals surface area contributed by atoms with E-state index in [1.807, 2.05) is 0 Å². The van der Waals surface area contributed by atoms with Crippen LogP contribution in [0.25, 0.3) is 11.1 Å². The molecule has 1 nitrogen and oxygen atoms in total. The maximum atomic E-state index is 3.69. The largest absolute Gasteiger partial charge is 0.310 e. The second-order valence-corrected chi connectivity index (χ2v) is 6.26. The van der Waals surface area contributed by atoms with E-state index in [0.29, 0.717) is 6.04 Å². The molecule has 1 heteroatoms. The maximum Gasteiger partial charge on any atom is 0.0211 e. The molecule has 1 heterocycles. The summed E-state index contributed by atoms with van der Waals surface area (Å²) in [4.78, 5) is 0. The van der Waals surface area contributed by atoms with Crippen LogP contribution in [0.2, 0.25) is 0 Å². The van der Waals surface area contributed by atoms with Gasteiger partial charge in [-0.3, -0.25) is 0 Å². The maximum absolute atomic E-state index is 3.69. The number of hydrogen-bond acceptors (Lipinski definition) is 1. The van der Waals surface area contributed by atoms with Gasteiger partial charge in [-0.15, -0.1) is 0 Å². The predicted molar refractivity (Wildman–Crippen MR) is 85.7 cm³/mol. The molecule has 0 bridgehead atoms. The van der Waals surface area contributed by atoms with Crippen molar-refractivity contribution in [1.29, 1.82) is 0 Å². The van der Waals surface area contributed by atoms with Crippen LogP contribution in [-0.4, -0.2) is 6.04 Å². The van der Waals surface area contributed by atoms with Gasteiger partial charge in [-0.05, 0) is 47.1 Å². The smallest absolute Gasteiger partial charge is 0.0211 e. The van der Waals surface area contributed by atoms with Crippen LogP contribution in [0.15, 0.2) is 48.5 Å². The second kappa shape index (κ2) is 5.80. The second-order valence-electron chi connectivity index (χ2n) is 6.26. The molecule has 104 valence electrons. The molecule has 2 aromatic carbocycles. The van der Waals surface area contributed by atoms with Gasteiger partial charge in [0.05, 0.1) is 0 Å². The lowest BCUT2D eigenvalue weighted by atomic mass is 9.89. The number of fused-ring (bicyclic) bond motifs is 1. The first-order valence-corrected chi connectivity index (χ1v) is 7.63. The van der Waals surface area contributed by atoms with Crippen LogP contribution in [0.4, 0.5) is 0 Å². The lowest BCUT2D eigenvalue weighted by Crippen LogP contribution is -2.36. The number of rotatable bonds is 3. The Balaban J connectivity index is 1.82. The standard InChI is InChI=1S/C19H23N/c1-14(2)10-19-12-17-9-8-16(11-18(17)13-20-19)15-6-4-3-5-7-15/h3-9,11,14,19-20H,10,12-13H2,1-2H3. The quantitative estimate of drug-likeness (QED) is 0.866. The summed E-state index contributed by atoms with van der Waals surface area (Å²) in [6.07, 6.45) is 2.43. The van der Waals surface area contributed by atoms with E-state index in [1.165, 1.54) is 35.1 Å². The van der Waals surface area contributed by atoms with E-state index in [1.54, 1.807) is 0 Å². The summed E-state index contributed by atoms with van der Waals surface area (Å²) in [6, 6.07) is 18.2. The van der Waals surface area contributed by atoms with Crippen LogP contribution in [0.5, 0.6) is 0 Å². The number of nitrogens with one attached hydrogen (secondary N) is 1. The molecule has 0 aromatic heterocycles. The Kier molecular flexibility index (Phi) is 3.88. The lowest BCUT2D eigenvalue weighted by molar-refractivity contribution is 0.398. The SMILES string of the molecule is CC(C)CC1Cc2ccc(-c3ccccc3)cc2CN1. The van der Waals surface area contributed by atoms with E-state index in [2.05, 4.69) is 67.7 Å². The van der Waals surface area contributed by atoms with Crippen molar-refractivity contribution in [2.24, 2.45) is 5.92 Å². The number of hydrogen-bond donors (Lipinski definition) is 1. The zero-order valence-corrected chi connectivity index (χ0v) is 12.4. The normalized spacial score (nSPS) is 18.1. The van der Waals surface area contributed by atoms with Gasteiger partial charge in [-0.1, -0.05) is 56.3 Å². The van der Waals surface area contributed by atoms with Crippen molar-refractivity contribution < 1.29 is 0 Å². The fourth-order valence-corrected chi connectivity index (χ4v) is 3.13. The van der Waals surface area contributed by atoms with Crippen LogP contribution < -0.4 is 5.32 Å². The highest BCUT2D eigenvalue weighted by atomic mass is 14.9. The highest BCUT2D eigenvalue weighted by Gasteiger charge is 2.19. The third kappa shape index (κ3) is 2.94. The molecule has 0 amide bonds. The molecule has 0 saturated heterocycles. The van der Waals surface area contributed by atoms with Gasteiger partial charge in [0.15, 0.2) is 0 Å². The summed E-state index contributed by atoms with van der Waals surface area (Å²) in [5, 5.41) is 3.69. The predicted octanol–water partition coefficient (Wildman–Crippen LogP) is 4.41. The van der Waals surface area contributed by atoms with Gasteiger partial charge in [0.25, 0.3) is 0 Å². The third-order valence-corrected chi connectivity index (χ3v) is 4.12. The molecular formula is C19H23N. The van der Waals surface area contributed by atoms with Crippen molar-refractivity contribution in [2.75, 3.05) is 0 Å². The van der Waals surface area contributed by atoms with Gasteiger partial charge in [-0.25, -0.2) is 0 Å². The minimum Gasteiger partial charge on any atom is -0.310 e. The molecule has 0 radical (unpaired) electrons. The van der Waals surface area contributed by atoms with Crippen molar-refractivity contribution >= 4 is 0 Å². The van der Waals surface area contributed by atoms with Crippen LogP contribution in [-0.2, 0) is 13.0 Å². The van der Waals surface area contributed by atoms with E-state index in [4.69, 9.17) is 0 Å². The molecular weight excluding hydrogens is 242 g/mol. The lowest BCUT2D eigenvalue weighted by Gasteiger charge is -2.28. The molecule has 2 aromatic rings. The molecule has 0 spiro atoms. The summed E-state index contributed by atoms with van der Waals surface area (Å²) in [5.41, 5.74) is 5.62. The Morgan fingerprint density at radius 1 is 1.00 bits per heavy atom. The molecule has 1 unspecified atom stereocenters. The molecule has 0 fully saturated rings.